The molecule has 6 nitrogen and oxygen atoms in total. The van der Waals surface area contributed by atoms with E-state index in [9.17, 15) is 13.6 Å². The third-order valence-corrected chi connectivity index (χ3v) is 5.22. The van der Waals surface area contributed by atoms with Gasteiger partial charge in [-0.25, -0.2) is 8.78 Å². The molecule has 0 spiro atoms. The number of halogens is 2. The number of carbonyl (C=O) groups is 1. The molecule has 0 aliphatic heterocycles. The lowest BCUT2D eigenvalue weighted by molar-refractivity contribution is 0.0950. The average molecular weight is 429 g/mol. The topological polar surface area (TPSA) is 83.6 Å². The molecule has 2 N–H and O–H groups in total. The van der Waals surface area contributed by atoms with E-state index in [2.05, 4.69) is 25.5 Å². The molecule has 0 aliphatic rings. The van der Waals surface area contributed by atoms with Gasteiger partial charge in [-0.05, 0) is 48.0 Å². The van der Waals surface area contributed by atoms with Gasteiger partial charge in [0.25, 0.3) is 5.91 Å². The van der Waals surface area contributed by atoms with Crippen LogP contribution in [0.25, 0.3) is 21.8 Å². The lowest BCUT2D eigenvalue weighted by Gasteiger charge is -2.08. The zero-order chi connectivity index (χ0) is 22.1. The minimum Gasteiger partial charge on any atom is -0.348 e. The Morgan fingerprint density at radius 1 is 0.969 bits per heavy atom. The minimum atomic E-state index is -0.417. The summed E-state index contributed by atoms with van der Waals surface area (Å²) < 4.78 is 27.7. The number of fused-ring (bicyclic) bond motifs is 2. The summed E-state index contributed by atoms with van der Waals surface area (Å²) in [5, 5.41) is 10.8. The summed E-state index contributed by atoms with van der Waals surface area (Å²) in [5.74, 6) is -1.14. The Labute approximate surface area is 181 Å². The number of benzene rings is 2. The Bertz CT molecular complexity index is 1460. The number of nitrogens with one attached hydrogen (secondary N) is 2. The van der Waals surface area contributed by atoms with E-state index in [1.165, 1.54) is 18.3 Å². The number of aromatic amines is 1. The van der Waals surface area contributed by atoms with E-state index in [1.807, 2.05) is 18.2 Å². The van der Waals surface area contributed by atoms with E-state index < -0.39 is 11.6 Å². The molecule has 0 saturated carbocycles. The van der Waals surface area contributed by atoms with Crippen molar-refractivity contribution in [1.82, 2.24) is 25.5 Å². The van der Waals surface area contributed by atoms with Crippen LogP contribution in [0.5, 0.6) is 0 Å². The molecular weight excluding hydrogens is 412 g/mol. The molecule has 0 fully saturated rings. The van der Waals surface area contributed by atoms with Gasteiger partial charge in [0.1, 0.15) is 11.6 Å². The van der Waals surface area contributed by atoms with Gasteiger partial charge in [-0.2, -0.15) is 5.10 Å². The summed E-state index contributed by atoms with van der Waals surface area (Å²) in [7, 11) is 0. The monoisotopic (exact) mass is 429 g/mol. The molecule has 8 heteroatoms. The normalized spacial score (nSPS) is 11.2. The van der Waals surface area contributed by atoms with E-state index in [0.29, 0.717) is 39.7 Å². The van der Waals surface area contributed by atoms with Gasteiger partial charge < -0.3 is 5.32 Å². The van der Waals surface area contributed by atoms with Gasteiger partial charge >= 0.3 is 0 Å². The average Bonchev–Trinajstić information content (AvgIpc) is 3.24. The lowest BCUT2D eigenvalue weighted by Crippen LogP contribution is -2.23. The number of hydrogen-bond donors (Lipinski definition) is 2. The van der Waals surface area contributed by atoms with Gasteiger partial charge in [0.2, 0.25) is 0 Å². The third kappa shape index (κ3) is 4.02. The van der Waals surface area contributed by atoms with Crippen LogP contribution in [0, 0.1) is 11.6 Å². The summed E-state index contributed by atoms with van der Waals surface area (Å²) in [4.78, 5) is 21.0. The Hall–Kier alpha value is -4.20. The number of carbonyl (C=O) groups excluding carboxylic acids is 1. The van der Waals surface area contributed by atoms with Crippen molar-refractivity contribution in [3.05, 3.63) is 101 Å². The second-order valence-electron chi connectivity index (χ2n) is 7.48. The Balaban J connectivity index is 1.30. The molecule has 0 radical (unpaired) electrons. The van der Waals surface area contributed by atoms with Crippen LogP contribution in [-0.4, -0.2) is 26.1 Å². The van der Waals surface area contributed by atoms with Crippen molar-refractivity contribution in [1.29, 1.82) is 0 Å². The van der Waals surface area contributed by atoms with E-state index in [1.54, 1.807) is 30.6 Å². The summed E-state index contributed by atoms with van der Waals surface area (Å²) >= 11 is 0. The summed E-state index contributed by atoms with van der Waals surface area (Å²) in [6.45, 7) is 0.0483. The Kier molecular flexibility index (Phi) is 5.03. The number of hydrogen-bond acceptors (Lipinski definition) is 4. The van der Waals surface area contributed by atoms with E-state index in [4.69, 9.17) is 0 Å². The zero-order valence-electron chi connectivity index (χ0n) is 16.8. The predicted molar refractivity (Wildman–Crippen MR) is 116 cm³/mol. The van der Waals surface area contributed by atoms with Crippen molar-refractivity contribution in [2.45, 2.75) is 13.0 Å². The summed E-state index contributed by atoms with van der Waals surface area (Å²) in [5.41, 5.74) is 3.71. The molecule has 0 atom stereocenters. The lowest BCUT2D eigenvalue weighted by atomic mass is 10.0. The van der Waals surface area contributed by atoms with Crippen LogP contribution in [0.2, 0.25) is 0 Å². The van der Waals surface area contributed by atoms with Crippen molar-refractivity contribution in [2.75, 3.05) is 0 Å². The fraction of sp³-hybridized carbons (Fsp3) is 0.0833. The number of amides is 1. The number of rotatable bonds is 5. The van der Waals surface area contributed by atoms with Crippen molar-refractivity contribution in [3.63, 3.8) is 0 Å². The highest BCUT2D eigenvalue weighted by Crippen LogP contribution is 2.19. The van der Waals surface area contributed by atoms with Crippen LogP contribution in [0.4, 0.5) is 8.78 Å². The van der Waals surface area contributed by atoms with Crippen LogP contribution in [0.1, 0.15) is 27.2 Å². The van der Waals surface area contributed by atoms with Crippen LogP contribution in [0.15, 0.2) is 67.1 Å². The number of aromatic nitrogens is 4. The Morgan fingerprint density at radius 2 is 1.88 bits per heavy atom. The molecule has 5 rings (SSSR count). The first kappa shape index (κ1) is 19.7. The predicted octanol–water partition coefficient (Wildman–Crippen LogP) is 4.31. The molecule has 1 amide bonds. The molecule has 158 valence electrons. The molecule has 0 aliphatic carbocycles. The van der Waals surface area contributed by atoms with Crippen molar-refractivity contribution >= 4 is 27.7 Å². The van der Waals surface area contributed by atoms with Crippen LogP contribution < -0.4 is 5.32 Å². The largest absolute Gasteiger partial charge is 0.348 e. The SMILES string of the molecule is O=C(NCc1cc2cn[nH]c2cc1F)c1ccnc(Cc2ccc3ncc(F)cc3c2)c1. The van der Waals surface area contributed by atoms with Crippen LogP contribution >= 0.6 is 0 Å². The maximum atomic E-state index is 14.3. The standard InChI is InChI=1S/C24H17F2N5O/c25-19-8-16-5-14(1-2-22(16)28-13-19)6-20-9-15(3-4-27-20)24(32)29-11-17-7-18-12-30-31-23(18)10-21(17)26/h1-5,7-10,12-13H,6,11H2,(H,29,32)(H,30,31). The van der Waals surface area contributed by atoms with Crippen LogP contribution in [0.3, 0.4) is 0 Å². The van der Waals surface area contributed by atoms with E-state index in [-0.39, 0.29) is 12.5 Å². The van der Waals surface area contributed by atoms with E-state index in [0.717, 1.165) is 10.9 Å². The van der Waals surface area contributed by atoms with Gasteiger partial charge in [0, 0.05) is 46.8 Å². The molecule has 3 heterocycles. The highest BCUT2D eigenvalue weighted by atomic mass is 19.1. The molecule has 0 bridgehead atoms. The maximum Gasteiger partial charge on any atom is 0.251 e. The molecule has 3 aromatic heterocycles. The number of pyridine rings is 2. The molecule has 0 unspecified atom stereocenters. The zero-order valence-corrected chi connectivity index (χ0v) is 16.8. The highest BCUT2D eigenvalue weighted by molar-refractivity contribution is 5.94. The first-order valence-electron chi connectivity index (χ1n) is 9.94. The summed E-state index contributed by atoms with van der Waals surface area (Å²) in [6, 6.07) is 13.3. The third-order valence-electron chi connectivity index (χ3n) is 5.22. The van der Waals surface area contributed by atoms with Gasteiger partial charge in [0.05, 0.1) is 23.4 Å². The molecule has 2 aromatic carbocycles. The van der Waals surface area contributed by atoms with Gasteiger partial charge in [-0.15, -0.1) is 0 Å². The number of H-pyrrole nitrogens is 1. The minimum absolute atomic E-state index is 0.0483. The summed E-state index contributed by atoms with van der Waals surface area (Å²) in [6.07, 6.45) is 4.82. The van der Waals surface area contributed by atoms with Gasteiger partial charge in [-0.1, -0.05) is 6.07 Å². The van der Waals surface area contributed by atoms with Crippen LogP contribution in [-0.2, 0) is 13.0 Å². The fourth-order valence-corrected chi connectivity index (χ4v) is 3.61. The van der Waals surface area contributed by atoms with Crippen molar-refractivity contribution in [3.8, 4) is 0 Å². The van der Waals surface area contributed by atoms with E-state index >= 15 is 0 Å². The quantitative estimate of drug-likeness (QED) is 0.436. The smallest absolute Gasteiger partial charge is 0.251 e. The second-order valence-corrected chi connectivity index (χ2v) is 7.48. The van der Waals surface area contributed by atoms with Crippen molar-refractivity contribution in [2.24, 2.45) is 0 Å². The molecular formula is C24H17F2N5O. The second kappa shape index (κ2) is 8.14. The molecule has 5 aromatic rings. The first-order chi connectivity index (χ1) is 15.5. The van der Waals surface area contributed by atoms with Crippen molar-refractivity contribution < 1.29 is 13.6 Å². The highest BCUT2D eigenvalue weighted by Gasteiger charge is 2.11. The molecule has 0 saturated heterocycles. The number of nitrogens with zero attached hydrogens (tertiary/aromatic N) is 3. The molecule has 32 heavy (non-hydrogen) atoms. The fourth-order valence-electron chi connectivity index (χ4n) is 3.61. The Morgan fingerprint density at radius 3 is 2.78 bits per heavy atom. The first-order valence-corrected chi connectivity index (χ1v) is 9.94. The maximum absolute atomic E-state index is 14.3. The van der Waals surface area contributed by atoms with Gasteiger partial charge in [0.15, 0.2) is 0 Å². The van der Waals surface area contributed by atoms with Gasteiger partial charge in [-0.3, -0.25) is 19.9 Å².